The third-order valence-electron chi connectivity index (χ3n) is 4.93. The Morgan fingerprint density at radius 1 is 1.31 bits per heavy atom. The van der Waals surface area contributed by atoms with E-state index in [0.717, 1.165) is 36.1 Å². The highest BCUT2D eigenvalue weighted by Crippen LogP contribution is 2.24. The minimum Gasteiger partial charge on any atom is -0.372 e. The van der Waals surface area contributed by atoms with Gasteiger partial charge in [0.2, 0.25) is 0 Å². The Hall–Kier alpha value is -2.50. The number of hydrogen-bond acceptors (Lipinski definition) is 3. The number of aromatic amines is 1. The summed E-state index contributed by atoms with van der Waals surface area (Å²) in [5.74, 6) is 0.822. The van der Waals surface area contributed by atoms with Crippen LogP contribution in [0.3, 0.4) is 0 Å². The van der Waals surface area contributed by atoms with Crippen LogP contribution in [0.2, 0.25) is 0 Å². The van der Waals surface area contributed by atoms with Crippen molar-refractivity contribution in [2.24, 2.45) is 5.92 Å². The lowest BCUT2D eigenvalue weighted by atomic mass is 9.99. The lowest BCUT2D eigenvalue weighted by molar-refractivity contribution is 0.249. The predicted octanol–water partition coefficient (Wildman–Crippen LogP) is 3.71. The number of nitrogens with one attached hydrogen (secondary N) is 3. The molecular formula is C20H29N5O. The second kappa shape index (κ2) is 8.25. The van der Waals surface area contributed by atoms with Crippen molar-refractivity contribution in [2.75, 3.05) is 23.3 Å². The summed E-state index contributed by atoms with van der Waals surface area (Å²) in [6.45, 7) is 8.48. The second-order valence-corrected chi connectivity index (χ2v) is 7.46. The molecule has 1 saturated heterocycles. The molecule has 1 unspecified atom stereocenters. The number of aryl methyl sites for hydroxylation is 1. The van der Waals surface area contributed by atoms with Crippen LogP contribution in [0.1, 0.15) is 38.1 Å². The van der Waals surface area contributed by atoms with Gasteiger partial charge >= 0.3 is 6.03 Å². The Balaban J connectivity index is 1.48. The minimum atomic E-state index is -0.190. The van der Waals surface area contributed by atoms with Crippen LogP contribution in [-0.4, -0.2) is 35.4 Å². The molecule has 1 aromatic heterocycles. The largest absolute Gasteiger partial charge is 0.372 e. The van der Waals surface area contributed by atoms with Crippen molar-refractivity contribution in [3.05, 3.63) is 41.7 Å². The first-order chi connectivity index (χ1) is 12.5. The molecule has 2 aromatic rings. The Bertz CT molecular complexity index is 716. The monoisotopic (exact) mass is 355 g/mol. The van der Waals surface area contributed by atoms with Crippen molar-refractivity contribution >= 4 is 17.4 Å². The van der Waals surface area contributed by atoms with Crippen LogP contribution < -0.4 is 15.5 Å². The molecule has 1 aliphatic heterocycles. The summed E-state index contributed by atoms with van der Waals surface area (Å²) in [7, 11) is 0. The van der Waals surface area contributed by atoms with Gasteiger partial charge in [-0.3, -0.25) is 5.10 Å². The zero-order valence-corrected chi connectivity index (χ0v) is 15.9. The second-order valence-electron chi connectivity index (χ2n) is 7.46. The fraction of sp³-hybridized carbons (Fsp3) is 0.500. The van der Waals surface area contributed by atoms with E-state index in [9.17, 15) is 4.79 Å². The molecule has 0 aliphatic carbocycles. The lowest BCUT2D eigenvalue weighted by Crippen LogP contribution is -2.37. The summed E-state index contributed by atoms with van der Waals surface area (Å²) in [6, 6.07) is 9.92. The molecule has 0 saturated carbocycles. The molecule has 2 amide bonds. The molecule has 1 aromatic carbocycles. The first-order valence-electron chi connectivity index (χ1n) is 9.43. The Labute approximate surface area is 155 Å². The van der Waals surface area contributed by atoms with E-state index in [1.807, 2.05) is 32.0 Å². The van der Waals surface area contributed by atoms with E-state index in [1.165, 1.54) is 18.5 Å². The maximum Gasteiger partial charge on any atom is 0.319 e. The Morgan fingerprint density at radius 2 is 2.00 bits per heavy atom. The van der Waals surface area contributed by atoms with Gasteiger partial charge in [-0.1, -0.05) is 6.92 Å². The molecule has 1 aliphatic rings. The molecule has 1 atom stereocenters. The number of hydrogen-bond donors (Lipinski definition) is 3. The van der Waals surface area contributed by atoms with E-state index >= 15 is 0 Å². The van der Waals surface area contributed by atoms with Crippen LogP contribution in [0.25, 0.3) is 0 Å². The highest BCUT2D eigenvalue weighted by atomic mass is 16.2. The smallest absolute Gasteiger partial charge is 0.319 e. The molecule has 140 valence electrons. The number of aromatic nitrogens is 2. The van der Waals surface area contributed by atoms with Crippen LogP contribution in [0.15, 0.2) is 30.3 Å². The maximum atomic E-state index is 12.2. The molecule has 3 N–H and O–H groups in total. The molecule has 2 heterocycles. The molecule has 0 spiro atoms. The summed E-state index contributed by atoms with van der Waals surface area (Å²) in [5.41, 5.74) is 4.01. The molecule has 26 heavy (non-hydrogen) atoms. The van der Waals surface area contributed by atoms with Crippen LogP contribution in [-0.2, 0) is 6.42 Å². The van der Waals surface area contributed by atoms with Gasteiger partial charge in [-0.25, -0.2) is 4.79 Å². The highest BCUT2D eigenvalue weighted by Gasteiger charge is 2.16. The molecule has 1 fully saturated rings. The average molecular weight is 355 g/mol. The average Bonchev–Trinajstić information content (AvgIpc) is 3.01. The van der Waals surface area contributed by atoms with E-state index in [1.54, 1.807) is 0 Å². The molecule has 3 rings (SSSR count). The number of urea groups is 1. The minimum absolute atomic E-state index is 0.00677. The Kier molecular flexibility index (Phi) is 5.81. The fourth-order valence-corrected chi connectivity index (χ4v) is 3.36. The number of H-pyrrole nitrogens is 1. The number of amides is 2. The number of carbonyl (C=O) groups is 1. The van der Waals surface area contributed by atoms with Gasteiger partial charge in [-0.2, -0.15) is 5.10 Å². The first kappa shape index (κ1) is 18.3. The number of piperidine rings is 1. The summed E-state index contributed by atoms with van der Waals surface area (Å²) in [4.78, 5) is 14.6. The highest BCUT2D eigenvalue weighted by molar-refractivity contribution is 5.89. The number of rotatable bonds is 5. The van der Waals surface area contributed by atoms with E-state index in [0.29, 0.717) is 6.42 Å². The van der Waals surface area contributed by atoms with Gasteiger partial charge in [0.15, 0.2) is 0 Å². The van der Waals surface area contributed by atoms with Gasteiger partial charge in [-0.05, 0) is 62.9 Å². The number of benzene rings is 1. The van der Waals surface area contributed by atoms with Crippen molar-refractivity contribution in [2.45, 2.75) is 46.1 Å². The van der Waals surface area contributed by atoms with Gasteiger partial charge in [0.1, 0.15) is 0 Å². The molecule has 6 heteroatoms. The summed E-state index contributed by atoms with van der Waals surface area (Å²) in [6.07, 6.45) is 3.19. The zero-order valence-electron chi connectivity index (χ0n) is 15.9. The SMILES string of the molecule is Cc1cc(CC(C)NC(=O)Nc2ccc(N3CCC(C)CC3)cc2)n[nH]1. The van der Waals surface area contributed by atoms with Crippen LogP contribution in [0.4, 0.5) is 16.2 Å². The zero-order chi connectivity index (χ0) is 18.5. The van der Waals surface area contributed by atoms with Gasteiger partial charge in [0.25, 0.3) is 0 Å². The quantitative estimate of drug-likeness (QED) is 0.765. The lowest BCUT2D eigenvalue weighted by Gasteiger charge is -2.32. The summed E-state index contributed by atoms with van der Waals surface area (Å²) < 4.78 is 0. The molecule has 6 nitrogen and oxygen atoms in total. The Morgan fingerprint density at radius 3 is 2.62 bits per heavy atom. The summed E-state index contributed by atoms with van der Waals surface area (Å²) >= 11 is 0. The van der Waals surface area contributed by atoms with E-state index in [-0.39, 0.29) is 12.1 Å². The third-order valence-corrected chi connectivity index (χ3v) is 4.93. The molecular weight excluding hydrogens is 326 g/mol. The van der Waals surface area contributed by atoms with E-state index < -0.39 is 0 Å². The van der Waals surface area contributed by atoms with Gasteiger partial charge in [-0.15, -0.1) is 0 Å². The molecule has 0 bridgehead atoms. The van der Waals surface area contributed by atoms with E-state index in [2.05, 4.69) is 44.8 Å². The maximum absolute atomic E-state index is 12.2. The summed E-state index contributed by atoms with van der Waals surface area (Å²) in [5, 5.41) is 13.0. The number of anilines is 2. The molecule has 0 radical (unpaired) electrons. The van der Waals surface area contributed by atoms with Crippen molar-refractivity contribution in [3.63, 3.8) is 0 Å². The van der Waals surface area contributed by atoms with Crippen molar-refractivity contribution in [3.8, 4) is 0 Å². The van der Waals surface area contributed by atoms with Crippen LogP contribution in [0.5, 0.6) is 0 Å². The third kappa shape index (κ3) is 5.00. The first-order valence-corrected chi connectivity index (χ1v) is 9.43. The van der Waals surface area contributed by atoms with Crippen molar-refractivity contribution in [1.29, 1.82) is 0 Å². The van der Waals surface area contributed by atoms with Gasteiger partial charge < -0.3 is 15.5 Å². The van der Waals surface area contributed by atoms with Crippen LogP contribution in [0, 0.1) is 12.8 Å². The number of carbonyl (C=O) groups excluding carboxylic acids is 1. The van der Waals surface area contributed by atoms with E-state index in [4.69, 9.17) is 0 Å². The van der Waals surface area contributed by atoms with Gasteiger partial charge in [0.05, 0.1) is 5.69 Å². The number of nitrogens with zero attached hydrogens (tertiary/aromatic N) is 2. The normalized spacial score (nSPS) is 16.3. The predicted molar refractivity (Wildman–Crippen MR) is 106 cm³/mol. The topological polar surface area (TPSA) is 73.1 Å². The standard InChI is InChI=1S/C20H29N5O/c1-14-8-10-25(11-9-14)19-6-4-17(5-7-19)22-20(26)21-15(2)12-18-13-16(3)23-24-18/h4-7,13-15H,8-12H2,1-3H3,(H,23,24)(H2,21,22,26). The van der Waals surface area contributed by atoms with Crippen molar-refractivity contribution in [1.82, 2.24) is 15.5 Å². The van der Waals surface area contributed by atoms with Gasteiger partial charge in [0, 0.05) is 42.6 Å². The van der Waals surface area contributed by atoms with Crippen molar-refractivity contribution < 1.29 is 4.79 Å². The van der Waals surface area contributed by atoms with Crippen LogP contribution >= 0.6 is 0 Å². The fourth-order valence-electron chi connectivity index (χ4n) is 3.36.